The van der Waals surface area contributed by atoms with Crippen molar-refractivity contribution in [3.63, 3.8) is 0 Å². The average Bonchev–Trinajstić information content (AvgIpc) is 2.78. The number of nitrogens with zero attached hydrogens (tertiary/aromatic N) is 2. The molecule has 0 aromatic heterocycles. The number of methoxy groups -OCH3 is 2. The first-order valence-electron chi connectivity index (χ1n) is 10.6. The summed E-state index contributed by atoms with van der Waals surface area (Å²) in [6.07, 6.45) is 0. The summed E-state index contributed by atoms with van der Waals surface area (Å²) < 4.78 is 24.8. The zero-order valence-corrected chi connectivity index (χ0v) is 20.4. The normalized spacial score (nSPS) is 14.8. The zero-order chi connectivity index (χ0) is 23.0. The lowest BCUT2D eigenvalue weighted by molar-refractivity contribution is 0.348. The summed E-state index contributed by atoms with van der Waals surface area (Å²) in [5, 5.41) is 0. The SMILES string of the molecule is COc1cc(CN2c3ccccc3S(=O)c3ccc(C)c(C)c32)cc(OC)c1CN(C)C. The van der Waals surface area contributed by atoms with Crippen LogP contribution in [0, 0.1) is 13.8 Å². The van der Waals surface area contributed by atoms with Gasteiger partial charge in [0.2, 0.25) is 0 Å². The fourth-order valence-electron chi connectivity index (χ4n) is 4.29. The van der Waals surface area contributed by atoms with Crippen molar-refractivity contribution >= 4 is 22.2 Å². The average molecular weight is 451 g/mol. The first-order chi connectivity index (χ1) is 15.3. The highest BCUT2D eigenvalue weighted by atomic mass is 32.2. The molecule has 1 heterocycles. The molecule has 0 spiro atoms. The smallest absolute Gasteiger partial charge is 0.127 e. The van der Waals surface area contributed by atoms with Gasteiger partial charge >= 0.3 is 0 Å². The molecule has 4 rings (SSSR count). The second-order valence-electron chi connectivity index (χ2n) is 8.39. The summed E-state index contributed by atoms with van der Waals surface area (Å²) in [4.78, 5) is 6.06. The lowest BCUT2D eigenvalue weighted by Crippen LogP contribution is -2.25. The van der Waals surface area contributed by atoms with E-state index >= 15 is 0 Å². The van der Waals surface area contributed by atoms with E-state index in [2.05, 4.69) is 41.8 Å². The van der Waals surface area contributed by atoms with E-state index in [9.17, 15) is 4.21 Å². The molecule has 168 valence electrons. The van der Waals surface area contributed by atoms with Crippen LogP contribution in [0.4, 0.5) is 11.4 Å². The van der Waals surface area contributed by atoms with E-state index in [0.717, 1.165) is 55.9 Å². The molecule has 1 aliphatic rings. The molecule has 0 radical (unpaired) electrons. The summed E-state index contributed by atoms with van der Waals surface area (Å²) in [6, 6.07) is 16.2. The van der Waals surface area contributed by atoms with Gasteiger partial charge in [0.15, 0.2) is 0 Å². The van der Waals surface area contributed by atoms with E-state index in [1.807, 2.05) is 44.4 Å². The minimum atomic E-state index is -1.21. The van der Waals surface area contributed by atoms with Crippen molar-refractivity contribution in [3.8, 4) is 11.5 Å². The third kappa shape index (κ3) is 3.89. The van der Waals surface area contributed by atoms with E-state index in [1.165, 1.54) is 5.56 Å². The zero-order valence-electron chi connectivity index (χ0n) is 19.6. The summed E-state index contributed by atoms with van der Waals surface area (Å²) >= 11 is 0. The number of fused-ring (bicyclic) bond motifs is 2. The van der Waals surface area contributed by atoms with Crippen LogP contribution in [0.1, 0.15) is 22.3 Å². The number of rotatable bonds is 6. The Morgan fingerprint density at radius 3 is 2.22 bits per heavy atom. The topological polar surface area (TPSA) is 42.0 Å². The van der Waals surface area contributed by atoms with Crippen LogP contribution < -0.4 is 14.4 Å². The van der Waals surface area contributed by atoms with Crippen molar-refractivity contribution in [3.05, 3.63) is 70.8 Å². The molecular formula is C26H30N2O3S. The quantitative estimate of drug-likeness (QED) is 0.516. The number of hydrogen-bond acceptors (Lipinski definition) is 5. The largest absolute Gasteiger partial charge is 0.496 e. The minimum Gasteiger partial charge on any atom is -0.496 e. The van der Waals surface area contributed by atoms with Gasteiger partial charge in [0.25, 0.3) is 0 Å². The molecule has 5 nitrogen and oxygen atoms in total. The Labute approximate surface area is 193 Å². The molecule has 0 fully saturated rings. The van der Waals surface area contributed by atoms with Gasteiger partial charge in [-0.25, -0.2) is 4.21 Å². The molecule has 0 saturated carbocycles. The summed E-state index contributed by atoms with van der Waals surface area (Å²) in [5.74, 6) is 1.62. The Kier molecular flexibility index (Phi) is 6.26. The van der Waals surface area contributed by atoms with Gasteiger partial charge in [-0.3, -0.25) is 0 Å². The molecular weight excluding hydrogens is 420 g/mol. The fourth-order valence-corrected chi connectivity index (χ4v) is 5.72. The van der Waals surface area contributed by atoms with Crippen LogP contribution in [-0.4, -0.2) is 37.4 Å². The fraction of sp³-hybridized carbons (Fsp3) is 0.308. The van der Waals surface area contributed by atoms with Crippen molar-refractivity contribution in [2.45, 2.75) is 36.7 Å². The van der Waals surface area contributed by atoms with Gasteiger partial charge in [-0.2, -0.15) is 0 Å². The van der Waals surface area contributed by atoms with Crippen molar-refractivity contribution in [2.24, 2.45) is 0 Å². The van der Waals surface area contributed by atoms with Crippen LogP contribution >= 0.6 is 0 Å². The summed E-state index contributed by atoms with van der Waals surface area (Å²) in [7, 11) is 6.24. The van der Waals surface area contributed by atoms with Crippen molar-refractivity contribution < 1.29 is 13.7 Å². The molecule has 0 aliphatic carbocycles. The van der Waals surface area contributed by atoms with Crippen molar-refractivity contribution in [2.75, 3.05) is 33.2 Å². The Morgan fingerprint density at radius 1 is 0.938 bits per heavy atom. The van der Waals surface area contributed by atoms with Gasteiger partial charge in [-0.15, -0.1) is 0 Å². The molecule has 0 bridgehead atoms. The molecule has 1 unspecified atom stereocenters. The minimum absolute atomic E-state index is 0.612. The van der Waals surface area contributed by atoms with Crippen LogP contribution in [0.2, 0.25) is 0 Å². The standard InChI is InChI=1S/C26H30N2O3S/c1-17-11-12-25-26(18(17)2)28(21-9-7-8-10-24(21)32(25)29)15-19-13-22(30-5)20(16-27(3)4)23(14-19)31-6/h7-14H,15-16H2,1-6H3. The van der Waals surface area contributed by atoms with Crippen LogP contribution in [0.5, 0.6) is 11.5 Å². The second-order valence-corrected chi connectivity index (χ2v) is 9.81. The predicted molar refractivity (Wildman–Crippen MR) is 130 cm³/mol. The molecule has 6 heteroatoms. The van der Waals surface area contributed by atoms with E-state index in [-0.39, 0.29) is 0 Å². The Morgan fingerprint density at radius 2 is 1.59 bits per heavy atom. The highest BCUT2D eigenvalue weighted by Crippen LogP contribution is 2.45. The van der Waals surface area contributed by atoms with E-state index < -0.39 is 10.8 Å². The summed E-state index contributed by atoms with van der Waals surface area (Å²) in [6.45, 7) is 5.53. The van der Waals surface area contributed by atoms with Gasteiger partial charge in [-0.1, -0.05) is 18.2 Å². The maximum atomic E-state index is 13.4. The first kappa shape index (κ1) is 22.4. The van der Waals surface area contributed by atoms with Crippen LogP contribution in [0.25, 0.3) is 0 Å². The highest BCUT2D eigenvalue weighted by molar-refractivity contribution is 7.85. The number of anilines is 2. The lowest BCUT2D eigenvalue weighted by Gasteiger charge is -2.34. The Hall–Kier alpha value is -2.83. The Balaban J connectivity index is 1.86. The molecule has 1 atom stereocenters. The van der Waals surface area contributed by atoms with Gasteiger partial charge in [-0.05, 0) is 75.0 Å². The van der Waals surface area contributed by atoms with Gasteiger partial charge in [0.05, 0.1) is 51.7 Å². The predicted octanol–water partition coefficient (Wildman–Crippen LogP) is 5.20. The van der Waals surface area contributed by atoms with Crippen LogP contribution in [0.3, 0.4) is 0 Å². The third-order valence-corrected chi connectivity index (χ3v) is 7.45. The number of benzene rings is 3. The maximum Gasteiger partial charge on any atom is 0.127 e. The Bertz CT molecular complexity index is 1160. The number of para-hydroxylation sites is 1. The molecule has 0 saturated heterocycles. The number of ether oxygens (including phenoxy) is 2. The second kappa shape index (κ2) is 8.96. The molecule has 3 aromatic rings. The molecule has 0 amide bonds. The van der Waals surface area contributed by atoms with Gasteiger partial charge in [0.1, 0.15) is 11.5 Å². The maximum absolute atomic E-state index is 13.4. The molecule has 32 heavy (non-hydrogen) atoms. The number of hydrogen-bond donors (Lipinski definition) is 0. The van der Waals surface area contributed by atoms with E-state index in [1.54, 1.807) is 14.2 Å². The highest BCUT2D eigenvalue weighted by Gasteiger charge is 2.30. The van der Waals surface area contributed by atoms with Gasteiger partial charge in [0, 0.05) is 13.1 Å². The van der Waals surface area contributed by atoms with Crippen LogP contribution in [-0.2, 0) is 23.9 Å². The molecule has 3 aromatic carbocycles. The first-order valence-corrected chi connectivity index (χ1v) is 11.8. The number of aryl methyl sites for hydroxylation is 1. The van der Waals surface area contributed by atoms with Crippen molar-refractivity contribution in [1.29, 1.82) is 0 Å². The molecule has 0 N–H and O–H groups in total. The summed E-state index contributed by atoms with van der Waals surface area (Å²) in [5.41, 5.74) is 6.42. The lowest BCUT2D eigenvalue weighted by atomic mass is 10.0. The van der Waals surface area contributed by atoms with Crippen LogP contribution in [0.15, 0.2) is 58.3 Å². The third-order valence-electron chi connectivity index (χ3n) is 5.97. The van der Waals surface area contributed by atoms with E-state index in [4.69, 9.17) is 9.47 Å². The van der Waals surface area contributed by atoms with Crippen molar-refractivity contribution in [1.82, 2.24) is 4.90 Å². The monoisotopic (exact) mass is 450 g/mol. The molecule has 1 aliphatic heterocycles. The van der Waals surface area contributed by atoms with Gasteiger partial charge < -0.3 is 19.3 Å². The van der Waals surface area contributed by atoms with E-state index in [0.29, 0.717) is 6.54 Å².